The first-order valence-electron chi connectivity index (χ1n) is 11.2. The summed E-state index contributed by atoms with van der Waals surface area (Å²) in [5.74, 6) is 1.52. The lowest BCUT2D eigenvalue weighted by molar-refractivity contribution is 0.0320. The first-order valence-corrected chi connectivity index (χ1v) is 11.2. The van der Waals surface area contributed by atoms with Crippen LogP contribution in [-0.2, 0) is 4.74 Å². The zero-order valence-electron chi connectivity index (χ0n) is 18.8. The molecule has 0 aliphatic carbocycles. The lowest BCUT2D eigenvalue weighted by Crippen LogP contribution is -2.50. The Bertz CT molecular complexity index is 615. The van der Waals surface area contributed by atoms with Crippen LogP contribution < -0.4 is 10.6 Å². The normalized spacial score (nSPS) is 21.5. The summed E-state index contributed by atoms with van der Waals surface area (Å²) in [6, 6.07) is 11.8. The molecule has 2 aliphatic heterocycles. The predicted molar refractivity (Wildman–Crippen MR) is 136 cm³/mol. The van der Waals surface area contributed by atoms with Crippen LogP contribution in [0.2, 0.25) is 0 Å². The van der Waals surface area contributed by atoms with Gasteiger partial charge in [0.05, 0.1) is 13.2 Å². The molecule has 2 atom stereocenters. The Hall–Kier alpha value is -0.900. The molecule has 30 heavy (non-hydrogen) atoms. The van der Waals surface area contributed by atoms with Crippen molar-refractivity contribution in [1.29, 1.82) is 0 Å². The number of guanidine groups is 1. The van der Waals surface area contributed by atoms with Gasteiger partial charge in [0.1, 0.15) is 0 Å². The van der Waals surface area contributed by atoms with Crippen molar-refractivity contribution < 1.29 is 4.74 Å². The van der Waals surface area contributed by atoms with Crippen LogP contribution in [0.25, 0.3) is 0 Å². The van der Waals surface area contributed by atoms with Crippen LogP contribution in [0.4, 0.5) is 0 Å². The van der Waals surface area contributed by atoms with Crippen LogP contribution in [-0.4, -0.2) is 81.3 Å². The molecule has 0 bridgehead atoms. The number of ether oxygens (including phenoxy) is 1. The number of rotatable bonds is 7. The second kappa shape index (κ2) is 13.5. The first kappa shape index (κ1) is 25.4. The van der Waals surface area contributed by atoms with E-state index in [1.54, 1.807) is 0 Å². The van der Waals surface area contributed by atoms with Gasteiger partial charge in [-0.2, -0.15) is 0 Å². The van der Waals surface area contributed by atoms with Crippen molar-refractivity contribution in [3.8, 4) is 0 Å². The summed E-state index contributed by atoms with van der Waals surface area (Å²) in [6.07, 6.45) is 2.31. The third-order valence-corrected chi connectivity index (χ3v) is 6.22. The molecule has 2 fully saturated rings. The minimum atomic E-state index is 0. The lowest BCUT2D eigenvalue weighted by Gasteiger charge is -2.37. The molecular weight excluding hydrogens is 489 g/mol. The van der Waals surface area contributed by atoms with Gasteiger partial charge in [0.15, 0.2) is 5.96 Å². The van der Waals surface area contributed by atoms with E-state index in [0.717, 1.165) is 71.3 Å². The number of aliphatic imine (C=N–C) groups is 1. The van der Waals surface area contributed by atoms with Gasteiger partial charge in [-0.05, 0) is 31.2 Å². The third-order valence-electron chi connectivity index (χ3n) is 6.22. The topological polar surface area (TPSA) is 52.1 Å². The van der Waals surface area contributed by atoms with Gasteiger partial charge < -0.3 is 15.4 Å². The van der Waals surface area contributed by atoms with Crippen LogP contribution in [0, 0.1) is 5.92 Å². The van der Waals surface area contributed by atoms with E-state index in [0.29, 0.717) is 18.0 Å². The SMILES string of the molecule is CN=C(NCC(C)CN1CCOCC1)NC1CCN(C(C)c2ccccc2)CC1.I. The summed E-state index contributed by atoms with van der Waals surface area (Å²) >= 11 is 0. The van der Waals surface area contributed by atoms with Crippen molar-refractivity contribution in [3.05, 3.63) is 35.9 Å². The summed E-state index contributed by atoms with van der Waals surface area (Å²) in [7, 11) is 1.87. The minimum absolute atomic E-state index is 0. The molecule has 7 heteroatoms. The van der Waals surface area contributed by atoms with Crippen molar-refractivity contribution >= 4 is 29.9 Å². The standard InChI is InChI=1S/C23H39N5O.HI/c1-19(18-27-13-15-29-16-14-27)17-25-23(24-3)26-22-9-11-28(12-10-22)20(2)21-7-5-4-6-8-21;/h4-8,19-20,22H,9-18H2,1-3H3,(H2,24,25,26);1H. The fraction of sp³-hybridized carbons (Fsp3) is 0.696. The zero-order valence-corrected chi connectivity index (χ0v) is 21.2. The average molecular weight is 530 g/mol. The predicted octanol–water partition coefficient (Wildman–Crippen LogP) is 2.96. The maximum atomic E-state index is 5.44. The minimum Gasteiger partial charge on any atom is -0.379 e. The molecule has 0 spiro atoms. The van der Waals surface area contributed by atoms with Crippen molar-refractivity contribution in [2.24, 2.45) is 10.9 Å². The number of likely N-dealkylation sites (tertiary alicyclic amines) is 1. The van der Waals surface area contributed by atoms with E-state index in [2.05, 4.69) is 69.6 Å². The molecule has 2 unspecified atom stereocenters. The van der Waals surface area contributed by atoms with Gasteiger partial charge in [-0.3, -0.25) is 14.8 Å². The molecule has 170 valence electrons. The van der Waals surface area contributed by atoms with Gasteiger partial charge >= 0.3 is 0 Å². The second-order valence-electron chi connectivity index (χ2n) is 8.51. The molecule has 2 aliphatic rings. The molecular formula is C23H40IN5O. The molecule has 1 aromatic carbocycles. The van der Waals surface area contributed by atoms with Gasteiger partial charge in [0.25, 0.3) is 0 Å². The Balaban J connectivity index is 0.00000320. The Morgan fingerprint density at radius 1 is 1.10 bits per heavy atom. The van der Waals surface area contributed by atoms with Crippen molar-refractivity contribution in [1.82, 2.24) is 20.4 Å². The van der Waals surface area contributed by atoms with Crippen molar-refractivity contribution in [2.45, 2.75) is 38.8 Å². The van der Waals surface area contributed by atoms with E-state index in [9.17, 15) is 0 Å². The highest BCUT2D eigenvalue weighted by atomic mass is 127. The van der Waals surface area contributed by atoms with E-state index in [-0.39, 0.29) is 24.0 Å². The van der Waals surface area contributed by atoms with E-state index in [4.69, 9.17) is 4.74 Å². The molecule has 2 N–H and O–H groups in total. The van der Waals surface area contributed by atoms with Gasteiger partial charge in [-0.15, -0.1) is 24.0 Å². The smallest absolute Gasteiger partial charge is 0.191 e. The van der Waals surface area contributed by atoms with E-state index in [1.807, 2.05) is 7.05 Å². The zero-order chi connectivity index (χ0) is 20.5. The number of nitrogens with one attached hydrogen (secondary N) is 2. The summed E-state index contributed by atoms with van der Waals surface area (Å²) < 4.78 is 5.44. The molecule has 0 amide bonds. The van der Waals surface area contributed by atoms with Crippen molar-refractivity contribution in [3.63, 3.8) is 0 Å². The number of morpholine rings is 1. The molecule has 3 rings (SSSR count). The van der Waals surface area contributed by atoms with E-state index in [1.165, 1.54) is 5.56 Å². The maximum absolute atomic E-state index is 5.44. The molecule has 2 heterocycles. The quantitative estimate of drug-likeness (QED) is 0.323. The summed E-state index contributed by atoms with van der Waals surface area (Å²) in [5.41, 5.74) is 1.41. The van der Waals surface area contributed by atoms with Crippen LogP contribution in [0.5, 0.6) is 0 Å². The average Bonchev–Trinajstić information content (AvgIpc) is 2.78. The van der Waals surface area contributed by atoms with E-state index < -0.39 is 0 Å². The maximum Gasteiger partial charge on any atom is 0.191 e. The number of hydrogen-bond acceptors (Lipinski definition) is 4. The molecule has 0 saturated carbocycles. The molecule has 1 aromatic rings. The van der Waals surface area contributed by atoms with E-state index >= 15 is 0 Å². The van der Waals surface area contributed by atoms with Gasteiger partial charge in [0.2, 0.25) is 0 Å². The molecule has 0 aromatic heterocycles. The Labute approximate surface area is 199 Å². The highest BCUT2D eigenvalue weighted by molar-refractivity contribution is 14.0. The van der Waals surface area contributed by atoms with Gasteiger partial charge in [-0.1, -0.05) is 37.3 Å². The Morgan fingerprint density at radius 2 is 1.77 bits per heavy atom. The van der Waals surface area contributed by atoms with Crippen LogP contribution in [0.15, 0.2) is 35.3 Å². The highest BCUT2D eigenvalue weighted by Gasteiger charge is 2.24. The van der Waals surface area contributed by atoms with Gasteiger partial charge in [-0.25, -0.2) is 0 Å². The van der Waals surface area contributed by atoms with Crippen molar-refractivity contribution in [2.75, 3.05) is 59.5 Å². The first-order chi connectivity index (χ1) is 14.2. The highest BCUT2D eigenvalue weighted by Crippen LogP contribution is 2.23. The van der Waals surface area contributed by atoms with Crippen LogP contribution in [0.3, 0.4) is 0 Å². The lowest BCUT2D eigenvalue weighted by atomic mass is 10.0. The fourth-order valence-electron chi connectivity index (χ4n) is 4.32. The van der Waals surface area contributed by atoms with Crippen LogP contribution in [0.1, 0.15) is 38.3 Å². The second-order valence-corrected chi connectivity index (χ2v) is 8.51. The Kier molecular flexibility index (Phi) is 11.4. The summed E-state index contributed by atoms with van der Waals surface area (Å²) in [6.45, 7) is 12.8. The number of benzene rings is 1. The van der Waals surface area contributed by atoms with Crippen LogP contribution >= 0.6 is 24.0 Å². The number of piperidine rings is 1. The van der Waals surface area contributed by atoms with Gasteiger partial charge in [0, 0.05) is 58.4 Å². The summed E-state index contributed by atoms with van der Waals surface area (Å²) in [5, 5.41) is 7.18. The number of nitrogens with zero attached hydrogens (tertiary/aromatic N) is 3. The molecule has 6 nitrogen and oxygen atoms in total. The molecule has 2 saturated heterocycles. The third kappa shape index (κ3) is 7.98. The number of hydrogen-bond donors (Lipinski definition) is 2. The largest absolute Gasteiger partial charge is 0.379 e. The summed E-state index contributed by atoms with van der Waals surface area (Å²) in [4.78, 5) is 9.54. The number of halogens is 1. The monoisotopic (exact) mass is 529 g/mol. The molecule has 0 radical (unpaired) electrons. The Morgan fingerprint density at radius 3 is 2.40 bits per heavy atom. The fourth-order valence-corrected chi connectivity index (χ4v) is 4.32.